The first-order valence-corrected chi connectivity index (χ1v) is 5.42. The lowest BCUT2D eigenvalue weighted by molar-refractivity contribution is -0.385. The Balaban J connectivity index is 2.98. The molecular formula is C12H18N2O2. The Morgan fingerprint density at radius 2 is 2.06 bits per heavy atom. The van der Waals surface area contributed by atoms with Gasteiger partial charge in [0.2, 0.25) is 0 Å². The van der Waals surface area contributed by atoms with E-state index in [4.69, 9.17) is 5.73 Å². The number of nitrogens with two attached hydrogens (primary N) is 1. The summed E-state index contributed by atoms with van der Waals surface area (Å²) in [6.07, 6.45) is 0.783. The molecule has 0 aliphatic heterocycles. The molecule has 0 fully saturated rings. The van der Waals surface area contributed by atoms with Gasteiger partial charge in [-0.3, -0.25) is 10.1 Å². The zero-order valence-electron chi connectivity index (χ0n) is 9.93. The van der Waals surface area contributed by atoms with Crippen LogP contribution in [0.1, 0.15) is 25.0 Å². The van der Waals surface area contributed by atoms with Crippen LogP contribution >= 0.6 is 0 Å². The third-order valence-corrected chi connectivity index (χ3v) is 3.05. The van der Waals surface area contributed by atoms with Crippen LogP contribution in [0.4, 0.5) is 5.69 Å². The van der Waals surface area contributed by atoms with Gasteiger partial charge in [-0.1, -0.05) is 19.1 Å². The maximum Gasteiger partial charge on any atom is 0.272 e. The molecule has 1 rings (SSSR count). The van der Waals surface area contributed by atoms with Gasteiger partial charge in [0.1, 0.15) is 0 Å². The first kappa shape index (κ1) is 12.6. The average Bonchev–Trinajstić information content (AvgIpc) is 2.20. The van der Waals surface area contributed by atoms with Crippen LogP contribution in [0.25, 0.3) is 0 Å². The van der Waals surface area contributed by atoms with E-state index in [0.29, 0.717) is 5.92 Å². The Hall–Kier alpha value is -1.42. The van der Waals surface area contributed by atoms with Gasteiger partial charge in [-0.05, 0) is 31.7 Å². The van der Waals surface area contributed by atoms with Crippen LogP contribution in [0.3, 0.4) is 0 Å². The van der Waals surface area contributed by atoms with Crippen LogP contribution in [0.2, 0.25) is 0 Å². The molecule has 4 nitrogen and oxygen atoms in total. The van der Waals surface area contributed by atoms with Crippen LogP contribution in [-0.4, -0.2) is 11.0 Å². The van der Waals surface area contributed by atoms with Crippen LogP contribution < -0.4 is 5.73 Å². The van der Waals surface area contributed by atoms with Gasteiger partial charge in [0, 0.05) is 17.7 Å². The highest BCUT2D eigenvalue weighted by Gasteiger charge is 2.16. The summed E-state index contributed by atoms with van der Waals surface area (Å²) in [5.74, 6) is 0.320. The van der Waals surface area contributed by atoms with Crippen molar-refractivity contribution in [3.8, 4) is 0 Å². The zero-order valence-corrected chi connectivity index (χ0v) is 9.93. The minimum atomic E-state index is -0.338. The minimum Gasteiger partial charge on any atom is -0.328 e. The highest BCUT2D eigenvalue weighted by atomic mass is 16.6. The van der Waals surface area contributed by atoms with Gasteiger partial charge in [0.25, 0.3) is 5.69 Å². The molecule has 0 aliphatic carbocycles. The Kier molecular flexibility index (Phi) is 4.01. The average molecular weight is 222 g/mol. The number of nitrogens with zero attached hydrogens (tertiary/aromatic N) is 1. The number of hydrogen-bond donors (Lipinski definition) is 1. The fourth-order valence-electron chi connectivity index (χ4n) is 1.62. The monoisotopic (exact) mass is 222 g/mol. The Morgan fingerprint density at radius 3 is 2.56 bits per heavy atom. The second-order valence-corrected chi connectivity index (χ2v) is 4.36. The van der Waals surface area contributed by atoms with Crippen molar-refractivity contribution in [3.05, 3.63) is 39.4 Å². The molecule has 0 heterocycles. The third-order valence-electron chi connectivity index (χ3n) is 3.05. The molecule has 0 aliphatic rings. The van der Waals surface area contributed by atoms with Crippen molar-refractivity contribution in [1.29, 1.82) is 0 Å². The molecule has 2 unspecified atom stereocenters. The van der Waals surface area contributed by atoms with E-state index >= 15 is 0 Å². The highest BCUT2D eigenvalue weighted by molar-refractivity contribution is 5.44. The van der Waals surface area contributed by atoms with Crippen molar-refractivity contribution < 1.29 is 4.92 Å². The second kappa shape index (κ2) is 5.07. The molecule has 0 bridgehead atoms. The van der Waals surface area contributed by atoms with E-state index in [1.54, 1.807) is 13.0 Å². The number of nitro benzene ring substituents is 1. The molecule has 0 aromatic heterocycles. The maximum atomic E-state index is 10.8. The van der Waals surface area contributed by atoms with E-state index in [1.165, 1.54) is 6.07 Å². The molecule has 0 radical (unpaired) electrons. The second-order valence-electron chi connectivity index (χ2n) is 4.36. The van der Waals surface area contributed by atoms with Gasteiger partial charge in [-0.25, -0.2) is 0 Å². The standard InChI is InChI=1S/C12H18N2O2/c1-8(10(3)13)7-11-5-4-6-12(9(11)2)14(15)16/h4-6,8,10H,7,13H2,1-3H3. The summed E-state index contributed by atoms with van der Waals surface area (Å²) >= 11 is 0. The molecule has 16 heavy (non-hydrogen) atoms. The molecular weight excluding hydrogens is 204 g/mol. The summed E-state index contributed by atoms with van der Waals surface area (Å²) in [4.78, 5) is 10.4. The van der Waals surface area contributed by atoms with E-state index in [0.717, 1.165) is 17.5 Å². The van der Waals surface area contributed by atoms with Crippen molar-refractivity contribution in [2.45, 2.75) is 33.2 Å². The van der Waals surface area contributed by atoms with E-state index < -0.39 is 0 Å². The Morgan fingerprint density at radius 1 is 1.44 bits per heavy atom. The van der Waals surface area contributed by atoms with Gasteiger partial charge < -0.3 is 5.73 Å². The zero-order chi connectivity index (χ0) is 12.3. The number of benzene rings is 1. The van der Waals surface area contributed by atoms with Crippen LogP contribution in [0.15, 0.2) is 18.2 Å². The molecule has 1 aromatic rings. The van der Waals surface area contributed by atoms with Crippen LogP contribution in [-0.2, 0) is 6.42 Å². The molecule has 1 aromatic carbocycles. The lowest BCUT2D eigenvalue weighted by Crippen LogP contribution is -2.26. The van der Waals surface area contributed by atoms with E-state index in [-0.39, 0.29) is 16.7 Å². The minimum absolute atomic E-state index is 0.0960. The molecule has 88 valence electrons. The van der Waals surface area contributed by atoms with Crippen molar-refractivity contribution in [2.75, 3.05) is 0 Å². The van der Waals surface area contributed by atoms with E-state index in [9.17, 15) is 10.1 Å². The molecule has 0 saturated carbocycles. The topological polar surface area (TPSA) is 69.2 Å². The quantitative estimate of drug-likeness (QED) is 0.628. The fourth-order valence-corrected chi connectivity index (χ4v) is 1.62. The fraction of sp³-hybridized carbons (Fsp3) is 0.500. The van der Waals surface area contributed by atoms with Crippen molar-refractivity contribution in [3.63, 3.8) is 0 Å². The SMILES string of the molecule is Cc1c(CC(C)C(C)N)cccc1[N+](=O)[O-]. The number of nitro groups is 1. The summed E-state index contributed by atoms with van der Waals surface area (Å²) in [5.41, 5.74) is 7.75. The van der Waals surface area contributed by atoms with Gasteiger partial charge in [0.05, 0.1) is 4.92 Å². The third kappa shape index (κ3) is 2.79. The van der Waals surface area contributed by atoms with Crippen molar-refractivity contribution in [1.82, 2.24) is 0 Å². The predicted molar refractivity (Wildman–Crippen MR) is 64.4 cm³/mol. The van der Waals surface area contributed by atoms with Gasteiger partial charge in [-0.2, -0.15) is 0 Å². The first-order valence-electron chi connectivity index (χ1n) is 5.42. The van der Waals surface area contributed by atoms with Crippen molar-refractivity contribution >= 4 is 5.69 Å². The smallest absolute Gasteiger partial charge is 0.272 e. The Bertz CT molecular complexity index is 389. The van der Waals surface area contributed by atoms with Crippen molar-refractivity contribution in [2.24, 2.45) is 11.7 Å². The summed E-state index contributed by atoms with van der Waals surface area (Å²) in [5, 5.41) is 10.8. The largest absolute Gasteiger partial charge is 0.328 e. The lowest BCUT2D eigenvalue weighted by Gasteiger charge is -2.16. The van der Waals surface area contributed by atoms with Crippen LogP contribution in [0, 0.1) is 23.0 Å². The number of hydrogen-bond acceptors (Lipinski definition) is 3. The normalized spacial score (nSPS) is 14.5. The first-order chi connectivity index (χ1) is 7.43. The molecule has 2 N–H and O–H groups in total. The maximum absolute atomic E-state index is 10.8. The summed E-state index contributed by atoms with van der Waals surface area (Å²) in [6, 6.07) is 5.30. The van der Waals surface area contributed by atoms with Gasteiger partial charge in [-0.15, -0.1) is 0 Å². The molecule has 0 spiro atoms. The molecule has 0 saturated heterocycles. The lowest BCUT2D eigenvalue weighted by atomic mass is 9.92. The highest BCUT2D eigenvalue weighted by Crippen LogP contribution is 2.23. The molecule has 0 amide bonds. The number of rotatable bonds is 4. The summed E-state index contributed by atoms with van der Waals surface area (Å²) in [6.45, 7) is 5.81. The van der Waals surface area contributed by atoms with E-state index in [2.05, 4.69) is 6.92 Å². The van der Waals surface area contributed by atoms with Gasteiger partial charge in [0.15, 0.2) is 0 Å². The molecule has 2 atom stereocenters. The molecule has 4 heteroatoms. The predicted octanol–water partition coefficient (Wildman–Crippen LogP) is 2.43. The summed E-state index contributed by atoms with van der Waals surface area (Å²) < 4.78 is 0. The Labute approximate surface area is 95.6 Å². The van der Waals surface area contributed by atoms with E-state index in [1.807, 2.05) is 13.0 Å². The van der Waals surface area contributed by atoms with Gasteiger partial charge >= 0.3 is 0 Å². The van der Waals surface area contributed by atoms with Crippen LogP contribution in [0.5, 0.6) is 0 Å². The summed E-state index contributed by atoms with van der Waals surface area (Å²) in [7, 11) is 0.